The van der Waals surface area contributed by atoms with Gasteiger partial charge in [0.25, 0.3) is 0 Å². The summed E-state index contributed by atoms with van der Waals surface area (Å²) in [5.41, 5.74) is 0.712. The van der Waals surface area contributed by atoms with E-state index in [9.17, 15) is 13.2 Å². The number of amides is 1. The molecule has 2 heterocycles. The van der Waals surface area contributed by atoms with E-state index in [0.717, 1.165) is 32.6 Å². The first-order valence-corrected chi connectivity index (χ1v) is 11.5. The molecule has 11 heteroatoms. The van der Waals surface area contributed by atoms with Crippen LogP contribution in [0.25, 0.3) is 5.69 Å². The van der Waals surface area contributed by atoms with Crippen LogP contribution in [0.3, 0.4) is 0 Å². The first-order valence-electron chi connectivity index (χ1n) is 9.66. The lowest BCUT2D eigenvalue weighted by atomic mass is 10.3. The van der Waals surface area contributed by atoms with Crippen molar-refractivity contribution in [2.75, 3.05) is 45.5 Å². The molecule has 3 rings (SSSR count). The van der Waals surface area contributed by atoms with Crippen LogP contribution in [0, 0.1) is 0 Å². The summed E-state index contributed by atoms with van der Waals surface area (Å²) in [5, 5.41) is 14.8. The van der Waals surface area contributed by atoms with Crippen LogP contribution in [0.2, 0.25) is 0 Å². The van der Waals surface area contributed by atoms with Crippen LogP contribution >= 0.6 is 0 Å². The van der Waals surface area contributed by atoms with Gasteiger partial charge in [0.1, 0.15) is 0 Å². The molecule has 29 heavy (non-hydrogen) atoms. The minimum atomic E-state index is -3.24. The van der Waals surface area contributed by atoms with Gasteiger partial charge < -0.3 is 5.32 Å². The summed E-state index contributed by atoms with van der Waals surface area (Å²) < 4.78 is 24.9. The van der Waals surface area contributed by atoms with Crippen molar-refractivity contribution in [3.05, 3.63) is 30.1 Å². The van der Waals surface area contributed by atoms with Crippen molar-refractivity contribution >= 4 is 15.7 Å². The number of nitrogens with zero attached hydrogens (tertiary/aromatic N) is 6. The second-order valence-corrected chi connectivity index (χ2v) is 9.19. The topological polar surface area (TPSA) is 113 Å². The molecule has 1 aromatic heterocycles. The molecule has 10 nitrogen and oxygen atoms in total. The maximum absolute atomic E-state index is 11.9. The molecule has 2 aromatic rings. The summed E-state index contributed by atoms with van der Waals surface area (Å²) >= 11 is 0. The Morgan fingerprint density at radius 1 is 1.10 bits per heavy atom. The lowest BCUT2D eigenvalue weighted by Crippen LogP contribution is -2.49. The molecule has 1 aromatic carbocycles. The van der Waals surface area contributed by atoms with Crippen molar-refractivity contribution < 1.29 is 13.2 Å². The van der Waals surface area contributed by atoms with E-state index < -0.39 is 9.84 Å². The molecule has 1 N–H and O–H groups in total. The van der Waals surface area contributed by atoms with Crippen LogP contribution in [0.4, 0.5) is 0 Å². The average molecular weight is 422 g/mol. The fourth-order valence-corrected chi connectivity index (χ4v) is 3.80. The zero-order valence-electron chi connectivity index (χ0n) is 16.8. The minimum absolute atomic E-state index is 0.0711. The van der Waals surface area contributed by atoms with E-state index >= 15 is 0 Å². The van der Waals surface area contributed by atoms with Gasteiger partial charge in [0.15, 0.2) is 15.7 Å². The zero-order chi connectivity index (χ0) is 20.9. The van der Waals surface area contributed by atoms with E-state index in [0.29, 0.717) is 31.1 Å². The Morgan fingerprint density at radius 2 is 1.76 bits per heavy atom. The second-order valence-electron chi connectivity index (χ2n) is 7.18. The van der Waals surface area contributed by atoms with Crippen molar-refractivity contribution in [1.82, 2.24) is 35.3 Å². The molecule has 0 bridgehead atoms. The molecule has 1 amide bonds. The Kier molecular flexibility index (Phi) is 6.93. The van der Waals surface area contributed by atoms with E-state index in [1.807, 2.05) is 6.92 Å². The van der Waals surface area contributed by atoms with Crippen LogP contribution in [0.15, 0.2) is 29.2 Å². The monoisotopic (exact) mass is 421 g/mol. The molecule has 1 aliphatic rings. The Balaban J connectivity index is 1.57. The van der Waals surface area contributed by atoms with E-state index in [1.54, 1.807) is 28.9 Å². The summed E-state index contributed by atoms with van der Waals surface area (Å²) in [6, 6.07) is 6.50. The highest BCUT2D eigenvalue weighted by Gasteiger charge is 2.21. The Hall–Kier alpha value is -2.37. The smallest absolute Gasteiger partial charge is 0.234 e. The van der Waals surface area contributed by atoms with Crippen molar-refractivity contribution in [2.45, 2.75) is 24.8 Å². The number of nitrogens with one attached hydrogen (secondary N) is 1. The van der Waals surface area contributed by atoms with Crippen molar-refractivity contribution in [1.29, 1.82) is 0 Å². The highest BCUT2D eigenvalue weighted by atomic mass is 32.2. The molecule has 0 aliphatic carbocycles. The van der Waals surface area contributed by atoms with Gasteiger partial charge >= 0.3 is 0 Å². The quantitative estimate of drug-likeness (QED) is 0.619. The van der Waals surface area contributed by atoms with Crippen molar-refractivity contribution in [2.24, 2.45) is 0 Å². The predicted molar refractivity (Wildman–Crippen MR) is 107 cm³/mol. The van der Waals surface area contributed by atoms with Gasteiger partial charge in [0.05, 0.1) is 23.7 Å². The Morgan fingerprint density at radius 3 is 2.38 bits per heavy atom. The van der Waals surface area contributed by atoms with Crippen molar-refractivity contribution in [3.63, 3.8) is 0 Å². The Labute approximate surface area is 170 Å². The van der Waals surface area contributed by atoms with Gasteiger partial charge in [-0.3, -0.25) is 14.6 Å². The molecule has 158 valence electrons. The van der Waals surface area contributed by atoms with E-state index in [4.69, 9.17) is 0 Å². The molecule has 0 saturated carbocycles. The van der Waals surface area contributed by atoms with Gasteiger partial charge in [-0.1, -0.05) is 6.92 Å². The maximum Gasteiger partial charge on any atom is 0.234 e. The van der Waals surface area contributed by atoms with E-state index in [-0.39, 0.29) is 10.8 Å². The number of rotatable bonds is 8. The lowest BCUT2D eigenvalue weighted by Gasteiger charge is -2.33. The predicted octanol–water partition coefficient (Wildman–Crippen LogP) is -0.290. The standard InChI is InChI=1S/C18H27N7O3S/c1-3-8-19-18(26)14-24-11-9-23(10-12-24)13-17-20-21-22-25(17)15-4-6-16(7-5-15)29(2,27)28/h4-7H,3,8-14H2,1-2H3,(H,19,26). The van der Waals surface area contributed by atoms with Crippen LogP contribution in [-0.4, -0.2) is 89.9 Å². The average Bonchev–Trinajstić information content (AvgIpc) is 3.15. The first-order chi connectivity index (χ1) is 13.9. The third-order valence-corrected chi connectivity index (χ3v) is 5.94. The van der Waals surface area contributed by atoms with Crippen molar-refractivity contribution in [3.8, 4) is 5.69 Å². The lowest BCUT2D eigenvalue weighted by molar-refractivity contribution is -0.122. The number of sulfone groups is 1. The van der Waals surface area contributed by atoms with Gasteiger partial charge in [-0.05, 0) is 41.1 Å². The number of piperazine rings is 1. The number of aromatic nitrogens is 4. The van der Waals surface area contributed by atoms with Gasteiger partial charge in [-0.2, -0.15) is 4.68 Å². The van der Waals surface area contributed by atoms with Crippen LogP contribution in [0.1, 0.15) is 19.2 Å². The van der Waals surface area contributed by atoms with Gasteiger partial charge in [-0.15, -0.1) is 5.10 Å². The highest BCUT2D eigenvalue weighted by Crippen LogP contribution is 2.15. The maximum atomic E-state index is 11.9. The first kappa shape index (κ1) is 21.3. The molecular weight excluding hydrogens is 394 g/mol. The molecule has 0 radical (unpaired) electrons. The normalized spacial score (nSPS) is 16.1. The third kappa shape index (κ3) is 5.81. The summed E-state index contributed by atoms with van der Waals surface area (Å²) in [6.45, 7) is 7.02. The molecule has 0 atom stereocenters. The SMILES string of the molecule is CCCNC(=O)CN1CCN(Cc2nnnn2-c2ccc(S(C)(=O)=O)cc2)CC1. The molecule has 1 aliphatic heterocycles. The fraction of sp³-hybridized carbons (Fsp3) is 0.556. The van der Waals surface area contributed by atoms with Gasteiger partial charge in [-0.25, -0.2) is 8.42 Å². The molecule has 1 saturated heterocycles. The molecule has 1 fully saturated rings. The number of tetrazole rings is 1. The van der Waals surface area contributed by atoms with Gasteiger partial charge in [0.2, 0.25) is 5.91 Å². The number of benzene rings is 1. The largest absolute Gasteiger partial charge is 0.355 e. The van der Waals surface area contributed by atoms with Crippen LogP contribution in [0.5, 0.6) is 0 Å². The van der Waals surface area contributed by atoms with Crippen LogP contribution < -0.4 is 5.32 Å². The van der Waals surface area contributed by atoms with E-state index in [2.05, 4.69) is 30.6 Å². The fourth-order valence-electron chi connectivity index (χ4n) is 3.17. The summed E-state index contributed by atoms with van der Waals surface area (Å²) in [4.78, 5) is 16.5. The summed E-state index contributed by atoms with van der Waals surface area (Å²) in [6.07, 6.45) is 2.11. The highest BCUT2D eigenvalue weighted by molar-refractivity contribution is 7.90. The zero-order valence-corrected chi connectivity index (χ0v) is 17.6. The minimum Gasteiger partial charge on any atom is -0.355 e. The summed E-state index contributed by atoms with van der Waals surface area (Å²) in [7, 11) is -3.24. The molecular formula is C18H27N7O3S. The van der Waals surface area contributed by atoms with Gasteiger partial charge in [0, 0.05) is 39.0 Å². The van der Waals surface area contributed by atoms with Crippen LogP contribution in [-0.2, 0) is 21.2 Å². The summed E-state index contributed by atoms with van der Waals surface area (Å²) in [5.74, 6) is 0.757. The number of hydrogen-bond acceptors (Lipinski definition) is 8. The van der Waals surface area contributed by atoms with E-state index in [1.165, 1.54) is 6.26 Å². The molecule has 0 unspecified atom stereocenters. The molecule has 0 spiro atoms. The number of carbonyl (C=O) groups is 1. The Bertz CT molecular complexity index is 919. The number of hydrogen-bond donors (Lipinski definition) is 1. The third-order valence-electron chi connectivity index (χ3n) is 4.81. The number of carbonyl (C=O) groups excluding carboxylic acids is 1. The second kappa shape index (κ2) is 9.42.